The van der Waals surface area contributed by atoms with Crippen LogP contribution < -0.4 is 14.5 Å². The van der Waals surface area contributed by atoms with Crippen molar-refractivity contribution in [3.63, 3.8) is 0 Å². The van der Waals surface area contributed by atoms with E-state index in [2.05, 4.69) is 36.4 Å². The maximum Gasteiger partial charge on any atom is 0.260 e. The van der Waals surface area contributed by atoms with Gasteiger partial charge in [0.25, 0.3) is 5.91 Å². The highest BCUT2D eigenvalue weighted by atomic mass is 127. The molecule has 1 unspecified atom stereocenters. The maximum atomic E-state index is 13.4. The van der Waals surface area contributed by atoms with Gasteiger partial charge in [-0.3, -0.25) is 9.59 Å². The van der Waals surface area contributed by atoms with Gasteiger partial charge in [-0.1, -0.05) is 70.5 Å². The molecule has 0 saturated carbocycles. The number of nitrogens with zero attached hydrogens (tertiary/aromatic N) is 2. The SMILES string of the molecule is COc1ccc(C(C=O)Cc2ccc(N(C)C(=O)c3c(Cl)cccc3I)cc2)cc1N(CC(C)C)C(=O)C(C)(C)C. The van der Waals surface area contributed by atoms with Crippen LogP contribution in [0.4, 0.5) is 11.4 Å². The summed E-state index contributed by atoms with van der Waals surface area (Å²) in [6, 6.07) is 18.5. The first-order valence-electron chi connectivity index (χ1n) is 13.5. The van der Waals surface area contributed by atoms with Crippen LogP contribution in [0.2, 0.25) is 5.02 Å². The van der Waals surface area contributed by atoms with Crippen LogP contribution in [0.5, 0.6) is 5.75 Å². The number of methoxy groups -OCH3 is 1. The third-order valence-electron chi connectivity index (χ3n) is 6.78. The third kappa shape index (κ3) is 7.89. The lowest BCUT2D eigenvalue weighted by molar-refractivity contribution is -0.125. The van der Waals surface area contributed by atoms with Gasteiger partial charge >= 0.3 is 0 Å². The fraction of sp³-hybridized carbons (Fsp3) is 0.364. The Bertz CT molecular complexity index is 1380. The topological polar surface area (TPSA) is 66.9 Å². The van der Waals surface area contributed by atoms with Gasteiger partial charge in [-0.05, 0) is 82.5 Å². The van der Waals surface area contributed by atoms with E-state index in [1.807, 2.05) is 75.4 Å². The van der Waals surface area contributed by atoms with Gasteiger partial charge in [0, 0.05) is 34.2 Å². The van der Waals surface area contributed by atoms with Crippen molar-refractivity contribution in [1.29, 1.82) is 0 Å². The predicted octanol–water partition coefficient (Wildman–Crippen LogP) is 7.79. The summed E-state index contributed by atoms with van der Waals surface area (Å²) in [7, 11) is 3.30. The minimum Gasteiger partial charge on any atom is -0.495 e. The number of carbonyl (C=O) groups is 3. The number of carbonyl (C=O) groups excluding carboxylic acids is 3. The molecule has 2 amide bonds. The van der Waals surface area contributed by atoms with Crippen LogP contribution in [0.15, 0.2) is 60.7 Å². The first kappa shape index (κ1) is 32.6. The van der Waals surface area contributed by atoms with E-state index in [4.69, 9.17) is 16.3 Å². The van der Waals surface area contributed by atoms with E-state index in [0.717, 1.165) is 21.0 Å². The molecule has 0 heterocycles. The first-order valence-corrected chi connectivity index (χ1v) is 15.0. The second kappa shape index (κ2) is 13.8. The van der Waals surface area contributed by atoms with Crippen LogP contribution in [0, 0.1) is 14.9 Å². The first-order chi connectivity index (χ1) is 19.3. The zero-order valence-corrected chi connectivity index (χ0v) is 27.6. The standard InChI is InChI=1S/C33H38ClIN2O4/c1-21(2)19-37(32(40)33(3,4)5)28-18-23(13-16-29(28)41-7)24(20-38)17-22-11-14-25(15-12-22)36(6)31(39)30-26(34)9-8-10-27(30)35/h8-16,18,20-21,24H,17,19H2,1-7H3. The number of halogens is 2. The molecule has 3 aromatic rings. The Balaban J connectivity index is 1.88. The third-order valence-corrected chi connectivity index (χ3v) is 8.00. The van der Waals surface area contributed by atoms with Crippen molar-refractivity contribution in [2.75, 3.05) is 30.5 Å². The number of benzene rings is 3. The van der Waals surface area contributed by atoms with Gasteiger partial charge < -0.3 is 19.3 Å². The molecular weight excluding hydrogens is 651 g/mol. The van der Waals surface area contributed by atoms with Crippen LogP contribution in [-0.2, 0) is 16.0 Å². The molecule has 0 N–H and O–H groups in total. The van der Waals surface area contributed by atoms with E-state index in [1.165, 1.54) is 0 Å². The normalized spacial score (nSPS) is 12.1. The second-order valence-electron chi connectivity index (χ2n) is 11.6. The Morgan fingerprint density at radius 3 is 2.24 bits per heavy atom. The van der Waals surface area contributed by atoms with Gasteiger partial charge in [-0.25, -0.2) is 0 Å². The van der Waals surface area contributed by atoms with Crippen molar-refractivity contribution in [3.05, 3.63) is 85.9 Å². The summed E-state index contributed by atoms with van der Waals surface area (Å²) >= 11 is 8.42. The predicted molar refractivity (Wildman–Crippen MR) is 175 cm³/mol. The molecule has 41 heavy (non-hydrogen) atoms. The summed E-state index contributed by atoms with van der Waals surface area (Å²) in [6.07, 6.45) is 1.40. The zero-order chi connectivity index (χ0) is 30.5. The number of rotatable bonds is 10. The molecule has 0 bridgehead atoms. The fourth-order valence-electron chi connectivity index (χ4n) is 4.55. The average molecular weight is 689 g/mol. The molecule has 0 aliphatic carbocycles. The van der Waals surface area contributed by atoms with Crippen LogP contribution in [0.3, 0.4) is 0 Å². The lowest BCUT2D eigenvalue weighted by Crippen LogP contribution is -2.42. The summed E-state index contributed by atoms with van der Waals surface area (Å²) < 4.78 is 6.42. The van der Waals surface area contributed by atoms with Crippen LogP contribution in [0.25, 0.3) is 0 Å². The van der Waals surface area contributed by atoms with Gasteiger partial charge in [0.1, 0.15) is 12.0 Å². The molecule has 0 fully saturated rings. The zero-order valence-electron chi connectivity index (χ0n) is 24.7. The summed E-state index contributed by atoms with van der Waals surface area (Å²) in [5.41, 5.74) is 3.01. The van der Waals surface area contributed by atoms with E-state index in [-0.39, 0.29) is 17.7 Å². The monoisotopic (exact) mass is 688 g/mol. The molecular formula is C33H38ClIN2O4. The van der Waals surface area contributed by atoms with Gasteiger partial charge in [0.15, 0.2) is 0 Å². The molecule has 0 radical (unpaired) electrons. The van der Waals surface area contributed by atoms with E-state index < -0.39 is 11.3 Å². The summed E-state index contributed by atoms with van der Waals surface area (Å²) in [5, 5.41) is 0.411. The second-order valence-corrected chi connectivity index (χ2v) is 13.1. The number of ether oxygens (including phenoxy) is 1. The van der Waals surface area contributed by atoms with E-state index in [0.29, 0.717) is 40.7 Å². The molecule has 218 valence electrons. The van der Waals surface area contributed by atoms with Crippen LogP contribution in [0.1, 0.15) is 62.0 Å². The van der Waals surface area contributed by atoms with Crippen LogP contribution >= 0.6 is 34.2 Å². The summed E-state index contributed by atoms with van der Waals surface area (Å²) in [5.74, 6) is 0.189. The Kier molecular flexibility index (Phi) is 11.0. The van der Waals surface area contributed by atoms with Crippen molar-refractivity contribution in [2.24, 2.45) is 11.3 Å². The quantitative estimate of drug-likeness (QED) is 0.161. The molecule has 6 nitrogen and oxygen atoms in total. The lowest BCUT2D eigenvalue weighted by atomic mass is 9.91. The van der Waals surface area contributed by atoms with Crippen LogP contribution in [-0.4, -0.2) is 38.8 Å². The van der Waals surface area contributed by atoms with Gasteiger partial charge in [0.05, 0.1) is 23.4 Å². The van der Waals surface area contributed by atoms with E-state index in [9.17, 15) is 14.4 Å². The maximum absolute atomic E-state index is 13.4. The molecule has 0 spiro atoms. The van der Waals surface area contributed by atoms with Crippen molar-refractivity contribution >= 4 is 63.7 Å². The minimum atomic E-state index is -0.583. The summed E-state index contributed by atoms with van der Waals surface area (Å²) in [6.45, 7) is 10.4. The molecule has 0 aromatic heterocycles. The van der Waals surface area contributed by atoms with Gasteiger partial charge in [-0.15, -0.1) is 0 Å². The number of amides is 2. The molecule has 0 aliphatic heterocycles. The fourth-order valence-corrected chi connectivity index (χ4v) is 5.69. The van der Waals surface area contributed by atoms with Crippen molar-refractivity contribution in [1.82, 2.24) is 0 Å². The molecule has 0 aliphatic rings. The Hall–Kier alpha value is -2.91. The Morgan fingerprint density at radius 1 is 1.05 bits per heavy atom. The average Bonchev–Trinajstić information content (AvgIpc) is 2.93. The molecule has 3 aromatic carbocycles. The molecule has 0 saturated heterocycles. The molecule has 3 rings (SSSR count). The van der Waals surface area contributed by atoms with E-state index in [1.54, 1.807) is 30.0 Å². The highest BCUT2D eigenvalue weighted by molar-refractivity contribution is 14.1. The van der Waals surface area contributed by atoms with Crippen molar-refractivity contribution in [2.45, 2.75) is 47.0 Å². The molecule has 8 heteroatoms. The smallest absolute Gasteiger partial charge is 0.260 e. The largest absolute Gasteiger partial charge is 0.495 e. The minimum absolute atomic E-state index is 0.00923. The van der Waals surface area contributed by atoms with Crippen molar-refractivity contribution in [3.8, 4) is 5.75 Å². The summed E-state index contributed by atoms with van der Waals surface area (Å²) in [4.78, 5) is 42.3. The van der Waals surface area contributed by atoms with Crippen molar-refractivity contribution < 1.29 is 19.1 Å². The molecule has 1 atom stereocenters. The highest BCUT2D eigenvalue weighted by Crippen LogP contribution is 2.36. The Morgan fingerprint density at radius 2 is 1.71 bits per heavy atom. The Labute approximate surface area is 262 Å². The number of hydrogen-bond donors (Lipinski definition) is 0. The highest BCUT2D eigenvalue weighted by Gasteiger charge is 2.31. The van der Waals surface area contributed by atoms with Gasteiger partial charge in [-0.2, -0.15) is 0 Å². The van der Waals surface area contributed by atoms with Gasteiger partial charge in [0.2, 0.25) is 5.91 Å². The number of hydrogen-bond acceptors (Lipinski definition) is 4. The lowest BCUT2D eigenvalue weighted by Gasteiger charge is -2.32. The van der Waals surface area contributed by atoms with E-state index >= 15 is 0 Å². The number of anilines is 2. The number of aldehydes is 1.